The van der Waals surface area contributed by atoms with Crippen molar-refractivity contribution in [3.8, 4) is 0 Å². The molecule has 0 aromatic rings. The molecular formula is C8H13NO4. The van der Waals surface area contributed by atoms with Gasteiger partial charge in [0.2, 0.25) is 5.91 Å². The molecule has 74 valence electrons. The molecule has 0 spiro atoms. The number of Topliss-reactive ketones (excluding diaryl/α,β-unsaturated/α-hetero) is 1. The highest BCUT2D eigenvalue weighted by molar-refractivity contribution is 5.86. The van der Waals surface area contributed by atoms with Crippen molar-refractivity contribution >= 4 is 11.7 Å². The fourth-order valence-corrected chi connectivity index (χ4v) is 1.34. The topological polar surface area (TPSA) is 77.8 Å². The molecule has 1 unspecified atom stereocenters. The van der Waals surface area contributed by atoms with Gasteiger partial charge in [-0.1, -0.05) is 0 Å². The average Bonchev–Trinajstić information content (AvgIpc) is 2.20. The summed E-state index contributed by atoms with van der Waals surface area (Å²) in [5.74, 6) is -0.798. The lowest BCUT2D eigenvalue weighted by atomic mass is 9.91. The van der Waals surface area contributed by atoms with E-state index in [9.17, 15) is 14.7 Å². The van der Waals surface area contributed by atoms with Gasteiger partial charge in [0.25, 0.3) is 0 Å². The van der Waals surface area contributed by atoms with Crippen LogP contribution >= 0.6 is 0 Å². The van der Waals surface area contributed by atoms with E-state index < -0.39 is 11.5 Å². The summed E-state index contributed by atoms with van der Waals surface area (Å²) in [6.45, 7) is 1.30. The molecule has 2 N–H and O–H groups in total. The summed E-state index contributed by atoms with van der Waals surface area (Å²) in [6, 6.07) is 0. The van der Waals surface area contributed by atoms with Crippen LogP contribution < -0.4 is 0 Å². The maximum Gasteiger partial charge on any atom is 0.246 e. The van der Waals surface area contributed by atoms with Gasteiger partial charge in [-0.2, -0.15) is 0 Å². The Bertz CT molecular complexity index is 238. The molecule has 0 radical (unpaired) electrons. The molecule has 1 atom stereocenters. The number of nitrogens with zero attached hydrogens (tertiary/aromatic N) is 1. The standard InChI is InChI=1S/C8H13NO4/c1-6(10)8(12)3-2-7(11)9(13)5-4-8/h12-13H,2-5H2,1H3. The lowest BCUT2D eigenvalue weighted by molar-refractivity contribution is -0.164. The second kappa shape index (κ2) is 3.43. The zero-order valence-electron chi connectivity index (χ0n) is 7.49. The third kappa shape index (κ3) is 2.05. The van der Waals surface area contributed by atoms with Crippen LogP contribution in [0.4, 0.5) is 0 Å². The van der Waals surface area contributed by atoms with Crippen molar-refractivity contribution in [3.63, 3.8) is 0 Å². The van der Waals surface area contributed by atoms with E-state index in [1.807, 2.05) is 0 Å². The van der Waals surface area contributed by atoms with E-state index in [4.69, 9.17) is 5.21 Å². The minimum absolute atomic E-state index is 0.00653. The maximum atomic E-state index is 11.0. The normalized spacial score (nSPS) is 30.1. The van der Waals surface area contributed by atoms with E-state index in [0.29, 0.717) is 5.06 Å². The minimum Gasteiger partial charge on any atom is -0.382 e. The van der Waals surface area contributed by atoms with Gasteiger partial charge in [0.05, 0.1) is 6.54 Å². The highest BCUT2D eigenvalue weighted by Gasteiger charge is 2.36. The zero-order chi connectivity index (χ0) is 10.1. The number of carbonyl (C=O) groups is 2. The van der Waals surface area contributed by atoms with Gasteiger partial charge in [0.15, 0.2) is 5.78 Å². The minimum atomic E-state index is -1.44. The predicted octanol–water partition coefficient (Wildman–Crippen LogP) is -0.292. The molecule has 5 heteroatoms. The Morgan fingerprint density at radius 1 is 1.54 bits per heavy atom. The van der Waals surface area contributed by atoms with Crippen molar-refractivity contribution in [2.75, 3.05) is 6.54 Å². The Morgan fingerprint density at radius 3 is 2.69 bits per heavy atom. The number of carbonyl (C=O) groups excluding carboxylic acids is 2. The molecule has 0 aliphatic carbocycles. The number of hydroxylamine groups is 2. The number of ketones is 1. The first-order chi connectivity index (χ1) is 5.96. The van der Waals surface area contributed by atoms with Crippen molar-refractivity contribution in [1.29, 1.82) is 0 Å². The summed E-state index contributed by atoms with van der Waals surface area (Å²) in [5, 5.41) is 19.3. The van der Waals surface area contributed by atoms with Gasteiger partial charge in [-0.15, -0.1) is 0 Å². The van der Waals surface area contributed by atoms with Gasteiger partial charge in [0, 0.05) is 12.8 Å². The summed E-state index contributed by atoms with van der Waals surface area (Å²) in [5.41, 5.74) is -1.44. The molecule has 1 aliphatic heterocycles. The Kier molecular flexibility index (Phi) is 2.68. The van der Waals surface area contributed by atoms with E-state index in [-0.39, 0.29) is 31.6 Å². The van der Waals surface area contributed by atoms with Gasteiger partial charge in [-0.3, -0.25) is 14.8 Å². The number of aliphatic hydroxyl groups is 1. The average molecular weight is 187 g/mol. The molecule has 1 saturated heterocycles. The molecule has 1 fully saturated rings. The highest BCUT2D eigenvalue weighted by Crippen LogP contribution is 2.22. The smallest absolute Gasteiger partial charge is 0.246 e. The predicted molar refractivity (Wildman–Crippen MR) is 43.0 cm³/mol. The number of rotatable bonds is 1. The van der Waals surface area contributed by atoms with Crippen LogP contribution in [0.3, 0.4) is 0 Å². The Hall–Kier alpha value is -0.940. The number of hydrogen-bond acceptors (Lipinski definition) is 4. The summed E-state index contributed by atoms with van der Waals surface area (Å²) < 4.78 is 0. The molecule has 1 heterocycles. The van der Waals surface area contributed by atoms with E-state index in [0.717, 1.165) is 0 Å². The van der Waals surface area contributed by atoms with Crippen LogP contribution in [0.1, 0.15) is 26.2 Å². The van der Waals surface area contributed by atoms with Crippen molar-refractivity contribution < 1.29 is 19.9 Å². The first kappa shape index (κ1) is 10.1. The van der Waals surface area contributed by atoms with Crippen molar-refractivity contribution in [1.82, 2.24) is 5.06 Å². The molecular weight excluding hydrogens is 174 g/mol. The maximum absolute atomic E-state index is 11.0. The monoisotopic (exact) mass is 187 g/mol. The Labute approximate surface area is 75.9 Å². The van der Waals surface area contributed by atoms with Gasteiger partial charge in [-0.25, -0.2) is 5.06 Å². The molecule has 1 amide bonds. The van der Waals surface area contributed by atoms with Gasteiger partial charge in [0.1, 0.15) is 5.60 Å². The molecule has 0 aromatic carbocycles. The molecule has 5 nitrogen and oxygen atoms in total. The molecule has 0 aromatic heterocycles. The van der Waals surface area contributed by atoms with E-state index >= 15 is 0 Å². The van der Waals surface area contributed by atoms with Crippen LogP contribution in [-0.2, 0) is 9.59 Å². The quantitative estimate of drug-likeness (QED) is 0.553. The van der Waals surface area contributed by atoms with Crippen LogP contribution in [0.2, 0.25) is 0 Å². The summed E-state index contributed by atoms with van der Waals surface area (Å²) in [4.78, 5) is 22.0. The van der Waals surface area contributed by atoms with Gasteiger partial charge in [-0.05, 0) is 13.3 Å². The third-order valence-corrected chi connectivity index (χ3v) is 2.43. The highest BCUT2D eigenvalue weighted by atomic mass is 16.5. The fraction of sp³-hybridized carbons (Fsp3) is 0.750. The van der Waals surface area contributed by atoms with Crippen LogP contribution in [-0.4, -0.2) is 39.2 Å². The number of amides is 1. The molecule has 13 heavy (non-hydrogen) atoms. The molecule has 0 bridgehead atoms. The Morgan fingerprint density at radius 2 is 2.15 bits per heavy atom. The first-order valence-corrected chi connectivity index (χ1v) is 4.18. The van der Waals surface area contributed by atoms with E-state index in [2.05, 4.69) is 0 Å². The second-order valence-electron chi connectivity index (χ2n) is 3.35. The van der Waals surface area contributed by atoms with Crippen molar-refractivity contribution in [3.05, 3.63) is 0 Å². The van der Waals surface area contributed by atoms with Crippen LogP contribution in [0.5, 0.6) is 0 Å². The largest absolute Gasteiger partial charge is 0.382 e. The van der Waals surface area contributed by atoms with E-state index in [1.54, 1.807) is 0 Å². The fourth-order valence-electron chi connectivity index (χ4n) is 1.34. The number of hydrogen-bond donors (Lipinski definition) is 2. The summed E-state index contributed by atoms with van der Waals surface area (Å²) >= 11 is 0. The van der Waals surface area contributed by atoms with Crippen molar-refractivity contribution in [2.24, 2.45) is 0 Å². The lowest BCUT2D eigenvalue weighted by Crippen LogP contribution is -2.37. The summed E-state index contributed by atoms with van der Waals surface area (Å²) in [6.07, 6.45) is 0.204. The van der Waals surface area contributed by atoms with Crippen molar-refractivity contribution in [2.45, 2.75) is 31.8 Å². The SMILES string of the molecule is CC(=O)C1(O)CCC(=O)N(O)CC1. The molecule has 1 aliphatic rings. The zero-order valence-corrected chi connectivity index (χ0v) is 7.49. The second-order valence-corrected chi connectivity index (χ2v) is 3.35. The first-order valence-electron chi connectivity index (χ1n) is 4.18. The van der Waals surface area contributed by atoms with E-state index in [1.165, 1.54) is 6.92 Å². The molecule has 1 rings (SSSR count). The van der Waals surface area contributed by atoms with Gasteiger partial charge >= 0.3 is 0 Å². The Balaban J connectivity index is 2.73. The molecule has 0 saturated carbocycles. The van der Waals surface area contributed by atoms with Gasteiger partial charge < -0.3 is 5.11 Å². The van der Waals surface area contributed by atoms with Crippen LogP contribution in [0, 0.1) is 0 Å². The lowest BCUT2D eigenvalue weighted by Gasteiger charge is -2.22. The summed E-state index contributed by atoms with van der Waals surface area (Å²) in [7, 11) is 0. The third-order valence-electron chi connectivity index (χ3n) is 2.43. The van der Waals surface area contributed by atoms with Crippen LogP contribution in [0.15, 0.2) is 0 Å². The van der Waals surface area contributed by atoms with Crippen LogP contribution in [0.25, 0.3) is 0 Å².